The lowest BCUT2D eigenvalue weighted by atomic mass is 10.1. The van der Waals surface area contributed by atoms with E-state index in [9.17, 15) is 39.0 Å². The van der Waals surface area contributed by atoms with E-state index >= 15 is 0 Å². The molecule has 0 spiro atoms. The number of carboxylic acid groups (broad SMARTS) is 2. The number of carbonyl (C=O) groups is 6. The third-order valence-corrected chi connectivity index (χ3v) is 7.21. The lowest BCUT2D eigenvalue weighted by Crippen LogP contribution is -2.48. The van der Waals surface area contributed by atoms with E-state index in [0.29, 0.717) is 12.8 Å². The topological polar surface area (TPSA) is 176 Å². The van der Waals surface area contributed by atoms with Crippen LogP contribution in [0.5, 0.6) is 0 Å². The second-order valence-corrected chi connectivity index (χ2v) is 11.3. The third kappa shape index (κ3) is 24.2. The van der Waals surface area contributed by atoms with Gasteiger partial charge in [-0.3, -0.25) is 19.2 Å². The number of aliphatic carboxylic acids is 2. The van der Waals surface area contributed by atoms with Crippen molar-refractivity contribution in [3.05, 3.63) is 0 Å². The van der Waals surface area contributed by atoms with Crippen molar-refractivity contribution in [2.24, 2.45) is 0 Å². The van der Waals surface area contributed by atoms with E-state index in [1.54, 1.807) is 0 Å². The summed E-state index contributed by atoms with van der Waals surface area (Å²) in [5, 5.41) is 23.0. The Kier molecular flexibility index (Phi) is 24.8. The summed E-state index contributed by atoms with van der Waals surface area (Å²) in [7, 11) is 0. The minimum Gasteiger partial charge on any atom is -0.481 e. The van der Waals surface area contributed by atoms with Crippen molar-refractivity contribution in [1.82, 2.24) is 10.6 Å². The number of carbonyl (C=O) groups excluding carboxylic acids is 4. The van der Waals surface area contributed by atoms with Gasteiger partial charge in [0.2, 0.25) is 11.8 Å². The van der Waals surface area contributed by atoms with Gasteiger partial charge in [-0.1, -0.05) is 117 Å². The molecule has 4 N–H and O–H groups in total. The zero-order valence-electron chi connectivity index (χ0n) is 26.5. The van der Waals surface area contributed by atoms with Crippen molar-refractivity contribution in [3.8, 4) is 0 Å². The number of unbranched alkanes of at least 4 members (excludes halogenated alkanes) is 16. The van der Waals surface area contributed by atoms with Gasteiger partial charge in [0.1, 0.15) is 12.1 Å². The summed E-state index contributed by atoms with van der Waals surface area (Å²) in [6.07, 6.45) is 17.4. The van der Waals surface area contributed by atoms with Gasteiger partial charge in [0, 0.05) is 12.8 Å². The molecule has 2 amide bonds. The molecule has 0 fully saturated rings. The molecule has 0 aromatic rings. The van der Waals surface area contributed by atoms with Crippen molar-refractivity contribution < 1.29 is 43.7 Å². The second-order valence-electron chi connectivity index (χ2n) is 11.3. The quantitative estimate of drug-likeness (QED) is 0.0482. The molecule has 0 rings (SSSR count). The van der Waals surface area contributed by atoms with Gasteiger partial charge in [-0.25, -0.2) is 9.59 Å². The number of hydrogen-bond acceptors (Lipinski definition) is 7. The molecule has 43 heavy (non-hydrogen) atoms. The van der Waals surface area contributed by atoms with Crippen molar-refractivity contribution in [2.75, 3.05) is 0 Å². The molecule has 0 aliphatic carbocycles. The molecule has 0 radical (unpaired) electrons. The Morgan fingerprint density at radius 3 is 1.05 bits per heavy atom. The summed E-state index contributed by atoms with van der Waals surface area (Å²) in [6, 6.07) is -3.26. The Morgan fingerprint density at radius 2 is 0.767 bits per heavy atom. The number of amides is 2. The van der Waals surface area contributed by atoms with Gasteiger partial charge in [-0.15, -0.1) is 0 Å². The largest absolute Gasteiger partial charge is 0.481 e. The number of nitrogens with one attached hydrogen (secondary N) is 2. The average Bonchev–Trinajstić information content (AvgIpc) is 2.94. The highest BCUT2D eigenvalue weighted by atomic mass is 16.6. The zero-order chi connectivity index (χ0) is 32.3. The minimum absolute atomic E-state index is 0.0870. The first-order valence-electron chi connectivity index (χ1n) is 16.4. The normalized spacial score (nSPS) is 12.2. The van der Waals surface area contributed by atoms with E-state index in [4.69, 9.17) is 4.74 Å². The molecule has 0 heterocycles. The molecule has 0 bridgehead atoms. The number of hydrogen-bond donors (Lipinski definition) is 4. The fraction of sp³-hybridized carbons (Fsp3) is 0.812. The predicted octanol–water partition coefficient (Wildman–Crippen LogP) is 5.82. The van der Waals surface area contributed by atoms with E-state index in [1.807, 2.05) is 0 Å². The summed E-state index contributed by atoms with van der Waals surface area (Å²) in [5.41, 5.74) is 0. The predicted molar refractivity (Wildman–Crippen MR) is 163 cm³/mol. The van der Waals surface area contributed by atoms with Crippen LogP contribution in [-0.2, 0) is 33.5 Å². The smallest absolute Gasteiger partial charge is 0.336 e. The first-order valence-corrected chi connectivity index (χ1v) is 16.4. The molecular weight excluding hydrogens is 556 g/mol. The van der Waals surface area contributed by atoms with E-state index in [0.717, 1.165) is 51.4 Å². The van der Waals surface area contributed by atoms with Gasteiger partial charge < -0.3 is 25.6 Å². The highest BCUT2D eigenvalue weighted by molar-refractivity contribution is 5.97. The molecule has 248 valence electrons. The lowest BCUT2D eigenvalue weighted by molar-refractivity contribution is -0.166. The maximum Gasteiger partial charge on any atom is 0.336 e. The Bertz CT molecular complexity index is 766. The van der Waals surface area contributed by atoms with Crippen LogP contribution in [0.2, 0.25) is 0 Å². The van der Waals surface area contributed by atoms with Crippen LogP contribution in [0.3, 0.4) is 0 Å². The Labute approximate surface area is 257 Å². The van der Waals surface area contributed by atoms with Crippen LogP contribution in [0.15, 0.2) is 0 Å². The van der Waals surface area contributed by atoms with Gasteiger partial charge >= 0.3 is 23.9 Å². The Hall–Kier alpha value is -2.98. The molecule has 0 aliphatic rings. The van der Waals surface area contributed by atoms with Gasteiger partial charge in [-0.2, -0.15) is 0 Å². The minimum atomic E-state index is -1.63. The molecular formula is C32H56N2O9. The summed E-state index contributed by atoms with van der Waals surface area (Å²) >= 11 is 0. The maximum absolute atomic E-state index is 12.6. The number of esters is 2. The highest BCUT2D eigenvalue weighted by Gasteiger charge is 2.32. The van der Waals surface area contributed by atoms with Crippen molar-refractivity contribution >= 4 is 35.7 Å². The summed E-state index contributed by atoms with van der Waals surface area (Å²) < 4.78 is 4.74. The molecule has 0 aliphatic heterocycles. The molecule has 11 heteroatoms. The van der Waals surface area contributed by atoms with E-state index in [2.05, 4.69) is 24.5 Å². The van der Waals surface area contributed by atoms with E-state index < -0.39 is 60.6 Å². The van der Waals surface area contributed by atoms with Gasteiger partial charge in [0.05, 0.1) is 12.8 Å². The first-order chi connectivity index (χ1) is 20.6. The summed E-state index contributed by atoms with van der Waals surface area (Å²) in [6.45, 7) is 4.33. The summed E-state index contributed by atoms with van der Waals surface area (Å²) in [5.74, 6) is -6.53. The second kappa shape index (κ2) is 26.6. The van der Waals surface area contributed by atoms with Crippen LogP contribution in [0.25, 0.3) is 0 Å². The fourth-order valence-corrected chi connectivity index (χ4v) is 4.70. The van der Waals surface area contributed by atoms with E-state index in [-0.39, 0.29) is 12.8 Å². The Morgan fingerprint density at radius 1 is 0.488 bits per heavy atom. The highest BCUT2D eigenvalue weighted by Crippen LogP contribution is 2.12. The zero-order valence-corrected chi connectivity index (χ0v) is 26.5. The lowest BCUT2D eigenvalue weighted by Gasteiger charge is -2.19. The van der Waals surface area contributed by atoms with E-state index in [1.165, 1.54) is 51.4 Å². The van der Waals surface area contributed by atoms with Crippen LogP contribution in [0.1, 0.15) is 155 Å². The number of ether oxygens (including phenoxy) is 1. The monoisotopic (exact) mass is 612 g/mol. The fourth-order valence-electron chi connectivity index (χ4n) is 4.70. The maximum atomic E-state index is 12.6. The number of carboxylic acids is 2. The van der Waals surface area contributed by atoms with Crippen LogP contribution < -0.4 is 10.6 Å². The van der Waals surface area contributed by atoms with Crippen molar-refractivity contribution in [2.45, 2.75) is 167 Å². The van der Waals surface area contributed by atoms with Gasteiger partial charge in [0.15, 0.2) is 0 Å². The molecule has 0 aromatic heterocycles. The molecule has 0 saturated heterocycles. The van der Waals surface area contributed by atoms with Crippen LogP contribution in [0, 0.1) is 0 Å². The molecule has 0 saturated carbocycles. The first kappa shape index (κ1) is 40.0. The van der Waals surface area contributed by atoms with Crippen LogP contribution in [-0.4, -0.2) is 58.0 Å². The molecule has 2 atom stereocenters. The van der Waals surface area contributed by atoms with Crippen LogP contribution >= 0.6 is 0 Å². The molecule has 0 aromatic carbocycles. The average molecular weight is 613 g/mol. The molecule has 0 unspecified atom stereocenters. The van der Waals surface area contributed by atoms with Gasteiger partial charge in [0.25, 0.3) is 0 Å². The Balaban J connectivity index is 4.67. The third-order valence-electron chi connectivity index (χ3n) is 7.21. The van der Waals surface area contributed by atoms with Crippen molar-refractivity contribution in [1.29, 1.82) is 0 Å². The number of rotatable bonds is 28. The van der Waals surface area contributed by atoms with Crippen LogP contribution in [0.4, 0.5) is 0 Å². The summed E-state index contributed by atoms with van der Waals surface area (Å²) in [4.78, 5) is 72.5. The van der Waals surface area contributed by atoms with Crippen molar-refractivity contribution in [3.63, 3.8) is 0 Å². The SMILES string of the molecule is CCCCCCCCCCCC(=O)N[C@@H](CC(=O)O)C(=O)OC(=O)[C@H](CC(=O)O)NC(=O)CCCCCCCCCCC. The molecule has 11 nitrogen and oxygen atoms in total. The van der Waals surface area contributed by atoms with Gasteiger partial charge in [-0.05, 0) is 12.8 Å². The standard InChI is InChI=1S/C32H56N2O9/c1-3-5-7-9-11-13-15-17-19-21-27(35)33-25(23-29(37)38)31(41)43-32(42)26(24-30(39)40)34-28(36)22-20-18-16-14-12-10-8-6-4-2/h25-26H,3-24H2,1-2H3,(H,33,35)(H,34,36)(H,37,38)(H,39,40)/t25-,26-/m0/s1.